The summed E-state index contributed by atoms with van der Waals surface area (Å²) < 4.78 is 3.93. The van der Waals surface area contributed by atoms with Gasteiger partial charge in [-0.15, -0.1) is 0 Å². The average molecular weight is 403 g/mol. The molecular formula is C18H19BrN4S. The van der Waals surface area contributed by atoms with Crippen LogP contribution in [0.25, 0.3) is 11.2 Å². The number of piperidine rings is 1. The van der Waals surface area contributed by atoms with Gasteiger partial charge >= 0.3 is 0 Å². The Morgan fingerprint density at radius 1 is 1.29 bits per heavy atom. The van der Waals surface area contributed by atoms with Gasteiger partial charge in [0.15, 0.2) is 10.4 Å². The lowest BCUT2D eigenvalue weighted by Crippen LogP contribution is -2.36. The van der Waals surface area contributed by atoms with Gasteiger partial charge in [-0.05, 0) is 59.2 Å². The molecule has 1 atom stereocenters. The smallest absolute Gasteiger partial charge is 0.179 e. The third kappa shape index (κ3) is 3.18. The van der Waals surface area contributed by atoms with E-state index in [0.29, 0.717) is 6.04 Å². The van der Waals surface area contributed by atoms with E-state index in [1.165, 1.54) is 12.0 Å². The Labute approximate surface area is 154 Å². The van der Waals surface area contributed by atoms with Crippen LogP contribution in [-0.2, 0) is 6.54 Å². The number of benzene rings is 1. The highest BCUT2D eigenvalue weighted by molar-refractivity contribution is 9.10. The average Bonchev–Trinajstić information content (AvgIpc) is 2.91. The first-order chi connectivity index (χ1) is 11.7. The molecule has 1 aromatic carbocycles. The Morgan fingerprint density at radius 3 is 2.96 bits per heavy atom. The highest BCUT2D eigenvalue weighted by Gasteiger charge is 2.24. The Balaban J connectivity index is 1.60. The van der Waals surface area contributed by atoms with Crippen molar-refractivity contribution in [3.63, 3.8) is 0 Å². The van der Waals surface area contributed by atoms with Gasteiger partial charge < -0.3 is 4.98 Å². The maximum absolute atomic E-state index is 5.58. The number of likely N-dealkylation sites (tertiary alicyclic amines) is 1. The molecule has 4 nitrogen and oxygen atoms in total. The van der Waals surface area contributed by atoms with Crippen molar-refractivity contribution in [2.45, 2.75) is 25.4 Å². The fourth-order valence-electron chi connectivity index (χ4n) is 3.55. The maximum Gasteiger partial charge on any atom is 0.179 e. The largest absolute Gasteiger partial charge is 0.329 e. The fraction of sp³-hybridized carbons (Fsp3) is 0.333. The van der Waals surface area contributed by atoms with E-state index in [4.69, 9.17) is 12.2 Å². The molecule has 3 heterocycles. The monoisotopic (exact) mass is 402 g/mol. The molecule has 124 valence electrons. The minimum absolute atomic E-state index is 0.373. The van der Waals surface area contributed by atoms with Crippen LogP contribution in [0.1, 0.15) is 24.4 Å². The Bertz CT molecular complexity index is 902. The topological polar surface area (TPSA) is 36.9 Å². The van der Waals surface area contributed by atoms with Gasteiger partial charge in [0.2, 0.25) is 0 Å². The van der Waals surface area contributed by atoms with Crippen molar-refractivity contribution < 1.29 is 0 Å². The summed E-state index contributed by atoms with van der Waals surface area (Å²) >= 11 is 9.05. The molecule has 0 bridgehead atoms. The predicted octanol–water partition coefficient (Wildman–Crippen LogP) is 4.69. The molecule has 0 aliphatic carbocycles. The normalized spacial score (nSPS) is 19.0. The summed E-state index contributed by atoms with van der Waals surface area (Å²) in [4.78, 5) is 10.4. The highest BCUT2D eigenvalue weighted by Crippen LogP contribution is 2.27. The zero-order valence-electron chi connectivity index (χ0n) is 13.3. The van der Waals surface area contributed by atoms with E-state index < -0.39 is 0 Å². The number of rotatable bonds is 3. The summed E-state index contributed by atoms with van der Waals surface area (Å²) in [5, 5.41) is 0. The summed E-state index contributed by atoms with van der Waals surface area (Å²) in [6.07, 6.45) is 4.17. The molecule has 0 spiro atoms. The molecule has 1 saturated heterocycles. The summed E-state index contributed by atoms with van der Waals surface area (Å²) in [5.41, 5.74) is 3.31. The number of hydrogen-bond donors (Lipinski definition) is 1. The first-order valence-corrected chi connectivity index (χ1v) is 9.43. The SMILES string of the molecule is S=c1[nH]c2cc(Br)cnc2n1C1CCCN(Cc2ccccc2)C1. The molecule has 2 aromatic heterocycles. The Hall–Kier alpha value is -1.50. The van der Waals surface area contributed by atoms with E-state index in [-0.39, 0.29) is 0 Å². The van der Waals surface area contributed by atoms with Crippen molar-refractivity contribution in [2.24, 2.45) is 0 Å². The number of aromatic nitrogens is 3. The number of nitrogens with one attached hydrogen (secondary N) is 1. The highest BCUT2D eigenvalue weighted by atomic mass is 79.9. The molecule has 0 amide bonds. The van der Waals surface area contributed by atoms with Gasteiger partial charge in [-0.3, -0.25) is 9.47 Å². The Kier molecular flexibility index (Phi) is 4.52. The number of hydrogen-bond acceptors (Lipinski definition) is 3. The number of pyridine rings is 1. The van der Waals surface area contributed by atoms with Gasteiger partial charge in [0.1, 0.15) is 0 Å². The van der Waals surface area contributed by atoms with Crippen LogP contribution in [0.5, 0.6) is 0 Å². The first kappa shape index (κ1) is 16.0. The quantitative estimate of drug-likeness (QED) is 0.645. The van der Waals surface area contributed by atoms with E-state index in [9.17, 15) is 0 Å². The molecule has 4 rings (SSSR count). The molecule has 1 aliphatic rings. The van der Waals surface area contributed by atoms with Crippen LogP contribution in [0.4, 0.5) is 0 Å². The van der Waals surface area contributed by atoms with Crippen molar-refractivity contribution in [3.05, 3.63) is 57.4 Å². The third-order valence-corrected chi connectivity index (χ3v) is 5.35. The summed E-state index contributed by atoms with van der Waals surface area (Å²) in [6, 6.07) is 13.1. The molecule has 1 fully saturated rings. The predicted molar refractivity (Wildman–Crippen MR) is 103 cm³/mol. The maximum atomic E-state index is 5.58. The molecule has 0 radical (unpaired) electrons. The van der Waals surface area contributed by atoms with Crippen molar-refractivity contribution in [3.8, 4) is 0 Å². The van der Waals surface area contributed by atoms with E-state index in [1.807, 2.05) is 12.3 Å². The number of H-pyrrole nitrogens is 1. The van der Waals surface area contributed by atoms with Crippen LogP contribution < -0.4 is 0 Å². The van der Waals surface area contributed by atoms with E-state index in [1.54, 1.807) is 0 Å². The minimum atomic E-state index is 0.373. The van der Waals surface area contributed by atoms with E-state index in [2.05, 4.69) is 65.7 Å². The van der Waals surface area contributed by atoms with Crippen molar-refractivity contribution in [2.75, 3.05) is 13.1 Å². The van der Waals surface area contributed by atoms with Gasteiger partial charge in [-0.25, -0.2) is 4.98 Å². The number of fused-ring (bicyclic) bond motifs is 1. The number of nitrogens with zero attached hydrogens (tertiary/aromatic N) is 3. The van der Waals surface area contributed by atoms with Gasteiger partial charge in [-0.2, -0.15) is 0 Å². The zero-order valence-corrected chi connectivity index (χ0v) is 15.7. The van der Waals surface area contributed by atoms with Crippen molar-refractivity contribution >= 4 is 39.3 Å². The molecule has 1 N–H and O–H groups in total. The lowest BCUT2D eigenvalue weighted by molar-refractivity contribution is 0.171. The number of aromatic amines is 1. The minimum Gasteiger partial charge on any atom is -0.329 e. The zero-order chi connectivity index (χ0) is 16.5. The van der Waals surface area contributed by atoms with Gasteiger partial charge in [0.05, 0.1) is 11.6 Å². The van der Waals surface area contributed by atoms with Crippen LogP contribution in [0.15, 0.2) is 47.1 Å². The second kappa shape index (κ2) is 6.78. The van der Waals surface area contributed by atoms with Crippen LogP contribution in [-0.4, -0.2) is 32.5 Å². The van der Waals surface area contributed by atoms with Crippen LogP contribution >= 0.6 is 28.1 Å². The van der Waals surface area contributed by atoms with Crippen LogP contribution in [0.3, 0.4) is 0 Å². The third-order valence-electron chi connectivity index (χ3n) is 4.62. The Morgan fingerprint density at radius 2 is 2.12 bits per heavy atom. The van der Waals surface area contributed by atoms with Crippen molar-refractivity contribution in [1.82, 2.24) is 19.4 Å². The summed E-state index contributed by atoms with van der Waals surface area (Å²) in [5.74, 6) is 0. The van der Waals surface area contributed by atoms with E-state index >= 15 is 0 Å². The van der Waals surface area contributed by atoms with Crippen molar-refractivity contribution in [1.29, 1.82) is 0 Å². The van der Waals surface area contributed by atoms with Crippen LogP contribution in [0.2, 0.25) is 0 Å². The van der Waals surface area contributed by atoms with Gasteiger partial charge in [0.25, 0.3) is 0 Å². The summed E-state index contributed by atoms with van der Waals surface area (Å²) in [6.45, 7) is 3.14. The lowest BCUT2D eigenvalue weighted by atomic mass is 10.0. The molecule has 3 aromatic rings. The number of halogens is 1. The first-order valence-electron chi connectivity index (χ1n) is 8.23. The molecule has 1 aliphatic heterocycles. The molecule has 6 heteroatoms. The fourth-order valence-corrected chi connectivity index (χ4v) is 4.23. The molecular weight excluding hydrogens is 384 g/mol. The molecule has 1 unspecified atom stereocenters. The lowest BCUT2D eigenvalue weighted by Gasteiger charge is -2.33. The second-order valence-corrected chi connectivity index (χ2v) is 7.64. The van der Waals surface area contributed by atoms with Gasteiger partial charge in [-0.1, -0.05) is 30.3 Å². The standard InChI is InChI=1S/C18H19BrN4S/c19-14-9-16-17(20-10-14)23(18(24)21-16)15-7-4-8-22(12-15)11-13-5-2-1-3-6-13/h1-3,5-6,9-10,15H,4,7-8,11-12H2,(H,21,24). The second-order valence-electron chi connectivity index (χ2n) is 6.34. The summed E-state index contributed by atoms with van der Waals surface area (Å²) in [7, 11) is 0. The number of imidazole rings is 1. The molecule has 0 saturated carbocycles. The van der Waals surface area contributed by atoms with Gasteiger partial charge in [0, 0.05) is 23.8 Å². The van der Waals surface area contributed by atoms with Crippen LogP contribution in [0, 0.1) is 4.77 Å². The van der Waals surface area contributed by atoms with E-state index in [0.717, 1.165) is 46.5 Å². The molecule has 24 heavy (non-hydrogen) atoms.